The summed E-state index contributed by atoms with van der Waals surface area (Å²) in [7, 11) is 1.59. The molecule has 35 heavy (non-hydrogen) atoms. The van der Waals surface area contributed by atoms with Crippen LogP contribution in [0.3, 0.4) is 0 Å². The number of ether oxygens (including phenoxy) is 1. The average Bonchev–Trinajstić information content (AvgIpc) is 2.86. The molecule has 1 aromatic heterocycles. The van der Waals surface area contributed by atoms with Gasteiger partial charge in [0.05, 0.1) is 7.11 Å². The second kappa shape index (κ2) is 9.25. The fourth-order valence-electron chi connectivity index (χ4n) is 4.88. The molecule has 2 aromatic carbocycles. The van der Waals surface area contributed by atoms with Crippen LogP contribution in [0.25, 0.3) is 0 Å². The highest BCUT2D eigenvalue weighted by Crippen LogP contribution is 2.35. The summed E-state index contributed by atoms with van der Waals surface area (Å²) < 4.78 is 20.0. The van der Waals surface area contributed by atoms with Gasteiger partial charge in [-0.2, -0.15) is 0 Å². The molecule has 2 aliphatic heterocycles. The number of nitrogens with zero attached hydrogens (tertiary/aromatic N) is 2. The molecule has 2 bridgehead atoms. The molecular formula is C26H25FN4O4. The van der Waals surface area contributed by atoms with Crippen LogP contribution < -0.4 is 20.9 Å². The molecule has 180 valence electrons. The zero-order chi connectivity index (χ0) is 24.5. The molecular weight excluding hydrogens is 451 g/mol. The van der Waals surface area contributed by atoms with E-state index in [1.165, 1.54) is 24.3 Å². The second-order valence-electron chi connectivity index (χ2n) is 8.91. The van der Waals surface area contributed by atoms with Crippen LogP contribution in [-0.4, -0.2) is 41.6 Å². The van der Waals surface area contributed by atoms with E-state index in [1.807, 2.05) is 6.07 Å². The number of carbonyl (C=O) groups is 2. The maximum Gasteiger partial charge on any atom is 0.321 e. The lowest BCUT2D eigenvalue weighted by Crippen LogP contribution is -2.50. The molecule has 3 heterocycles. The predicted molar refractivity (Wildman–Crippen MR) is 129 cm³/mol. The molecule has 0 saturated carbocycles. The molecule has 9 heteroatoms. The molecule has 1 fully saturated rings. The third-order valence-electron chi connectivity index (χ3n) is 6.59. The first-order valence-electron chi connectivity index (χ1n) is 11.4. The van der Waals surface area contributed by atoms with Crippen LogP contribution in [0.1, 0.15) is 28.4 Å². The number of pyridine rings is 1. The molecule has 2 unspecified atom stereocenters. The molecule has 8 nitrogen and oxygen atoms in total. The van der Waals surface area contributed by atoms with Crippen molar-refractivity contribution in [3.8, 4) is 5.75 Å². The van der Waals surface area contributed by atoms with Crippen LogP contribution in [-0.2, 0) is 6.54 Å². The quantitative estimate of drug-likeness (QED) is 0.598. The number of piperidine rings is 1. The highest BCUT2D eigenvalue weighted by Gasteiger charge is 2.36. The molecule has 3 amide bonds. The zero-order valence-electron chi connectivity index (χ0n) is 19.2. The Kier molecular flexibility index (Phi) is 5.98. The Morgan fingerprint density at radius 1 is 0.943 bits per heavy atom. The summed E-state index contributed by atoms with van der Waals surface area (Å²) >= 11 is 0. The lowest BCUT2D eigenvalue weighted by atomic mass is 9.83. The van der Waals surface area contributed by atoms with E-state index in [4.69, 9.17) is 4.74 Å². The Morgan fingerprint density at radius 3 is 2.40 bits per heavy atom. The van der Waals surface area contributed by atoms with Gasteiger partial charge in [-0.05, 0) is 73.0 Å². The van der Waals surface area contributed by atoms with E-state index in [2.05, 4.69) is 10.6 Å². The largest absolute Gasteiger partial charge is 0.497 e. The van der Waals surface area contributed by atoms with Gasteiger partial charge in [0.25, 0.3) is 11.5 Å². The maximum atomic E-state index is 13.2. The Labute approximate surface area is 201 Å². The van der Waals surface area contributed by atoms with E-state index in [9.17, 15) is 18.8 Å². The van der Waals surface area contributed by atoms with Gasteiger partial charge in [-0.3, -0.25) is 9.59 Å². The molecule has 2 aliphatic rings. The molecule has 0 radical (unpaired) electrons. The van der Waals surface area contributed by atoms with E-state index in [0.29, 0.717) is 31.1 Å². The number of amides is 3. The van der Waals surface area contributed by atoms with E-state index in [-0.39, 0.29) is 34.7 Å². The summed E-state index contributed by atoms with van der Waals surface area (Å²) in [4.78, 5) is 40.4. The van der Waals surface area contributed by atoms with Gasteiger partial charge in [-0.25, -0.2) is 9.18 Å². The third-order valence-corrected chi connectivity index (χ3v) is 6.59. The first kappa shape index (κ1) is 22.6. The first-order valence-corrected chi connectivity index (χ1v) is 11.4. The third kappa shape index (κ3) is 4.62. The van der Waals surface area contributed by atoms with Crippen LogP contribution in [0.2, 0.25) is 0 Å². The van der Waals surface area contributed by atoms with Gasteiger partial charge in [-0.1, -0.05) is 0 Å². The monoisotopic (exact) mass is 476 g/mol. The molecule has 0 aliphatic carbocycles. The van der Waals surface area contributed by atoms with Crippen molar-refractivity contribution in [2.45, 2.75) is 18.9 Å². The summed E-state index contributed by atoms with van der Waals surface area (Å²) in [6.45, 7) is 1.51. The molecule has 2 atom stereocenters. The van der Waals surface area contributed by atoms with E-state index in [0.717, 1.165) is 12.1 Å². The number of rotatable bonds is 4. The summed E-state index contributed by atoms with van der Waals surface area (Å²) in [6.07, 6.45) is 0.896. The topological polar surface area (TPSA) is 92.7 Å². The minimum absolute atomic E-state index is 0.0265. The van der Waals surface area contributed by atoms with Gasteiger partial charge in [0.1, 0.15) is 17.3 Å². The Morgan fingerprint density at radius 2 is 1.69 bits per heavy atom. The summed E-state index contributed by atoms with van der Waals surface area (Å²) in [5.74, 6) is -0.0400. The maximum absolute atomic E-state index is 13.2. The number of aromatic nitrogens is 1. The van der Waals surface area contributed by atoms with Crippen LogP contribution in [0, 0.1) is 11.7 Å². The Hall–Kier alpha value is -4.14. The number of hydrogen-bond donors (Lipinski definition) is 2. The first-order chi connectivity index (χ1) is 16.9. The van der Waals surface area contributed by atoms with Gasteiger partial charge in [0.15, 0.2) is 0 Å². The van der Waals surface area contributed by atoms with Crippen molar-refractivity contribution >= 4 is 23.3 Å². The zero-order valence-corrected chi connectivity index (χ0v) is 19.2. The predicted octanol–water partition coefficient (Wildman–Crippen LogP) is 3.90. The second-order valence-corrected chi connectivity index (χ2v) is 8.91. The number of urea groups is 1. The SMILES string of the molecule is COc1ccc(NC(=O)N2CC3CC(C2)c2ccc(NC(=O)c4ccc(F)cc4)c(=O)n2C3)cc1. The highest BCUT2D eigenvalue weighted by atomic mass is 19.1. The number of hydrogen-bond acceptors (Lipinski definition) is 4. The summed E-state index contributed by atoms with van der Waals surface area (Å²) in [5.41, 5.74) is 1.71. The van der Waals surface area contributed by atoms with Crippen molar-refractivity contribution in [1.29, 1.82) is 0 Å². The molecule has 2 N–H and O–H groups in total. The number of halogens is 1. The van der Waals surface area contributed by atoms with Crippen LogP contribution >= 0.6 is 0 Å². The average molecular weight is 477 g/mol. The minimum atomic E-state index is -0.472. The van der Waals surface area contributed by atoms with Crippen molar-refractivity contribution in [2.75, 3.05) is 30.8 Å². The Bertz CT molecular complexity index is 1320. The smallest absolute Gasteiger partial charge is 0.321 e. The normalized spacial score (nSPS) is 18.4. The number of fused-ring (bicyclic) bond motifs is 4. The van der Waals surface area contributed by atoms with Crippen LogP contribution in [0.5, 0.6) is 5.75 Å². The number of carbonyl (C=O) groups excluding carboxylic acids is 2. The van der Waals surface area contributed by atoms with Gasteiger partial charge in [-0.15, -0.1) is 0 Å². The lowest BCUT2D eigenvalue weighted by Gasteiger charge is -2.42. The van der Waals surface area contributed by atoms with Crippen molar-refractivity contribution in [3.63, 3.8) is 0 Å². The van der Waals surface area contributed by atoms with E-state index in [1.54, 1.807) is 46.9 Å². The standard InChI is InChI=1S/C26H25FN4O4/c1-35-21-8-6-20(7-9-21)28-26(34)30-13-16-12-18(15-30)23-11-10-22(25(33)31(23)14-16)29-24(32)17-2-4-19(27)5-3-17/h2-11,16,18H,12-15H2,1H3,(H,28,34)(H,29,32). The van der Waals surface area contributed by atoms with Gasteiger partial charge < -0.3 is 24.8 Å². The van der Waals surface area contributed by atoms with Crippen molar-refractivity contribution in [2.24, 2.45) is 5.92 Å². The molecule has 1 saturated heterocycles. The lowest BCUT2D eigenvalue weighted by molar-refractivity contribution is 0.102. The van der Waals surface area contributed by atoms with Gasteiger partial charge in [0, 0.05) is 42.5 Å². The van der Waals surface area contributed by atoms with Crippen molar-refractivity contribution < 1.29 is 18.7 Å². The summed E-state index contributed by atoms with van der Waals surface area (Å²) in [5, 5.41) is 5.58. The molecule has 3 aromatic rings. The fourth-order valence-corrected chi connectivity index (χ4v) is 4.88. The molecule has 5 rings (SSSR count). The number of anilines is 2. The fraction of sp³-hybridized carbons (Fsp3) is 0.269. The number of benzene rings is 2. The van der Waals surface area contributed by atoms with E-state index >= 15 is 0 Å². The number of nitrogens with one attached hydrogen (secondary N) is 2. The molecule has 0 spiro atoms. The number of likely N-dealkylation sites (tertiary alicyclic amines) is 1. The van der Waals surface area contributed by atoms with Crippen LogP contribution in [0.15, 0.2) is 65.5 Å². The van der Waals surface area contributed by atoms with Crippen molar-refractivity contribution in [3.05, 3.63) is 88.1 Å². The van der Waals surface area contributed by atoms with E-state index < -0.39 is 11.7 Å². The van der Waals surface area contributed by atoms with Crippen molar-refractivity contribution in [1.82, 2.24) is 9.47 Å². The van der Waals surface area contributed by atoms with Gasteiger partial charge >= 0.3 is 6.03 Å². The highest BCUT2D eigenvalue weighted by molar-refractivity contribution is 6.04. The minimum Gasteiger partial charge on any atom is -0.497 e. The van der Waals surface area contributed by atoms with Crippen LogP contribution in [0.4, 0.5) is 20.6 Å². The Balaban J connectivity index is 1.30. The number of methoxy groups -OCH3 is 1. The summed E-state index contributed by atoms with van der Waals surface area (Å²) in [6, 6.07) is 15.6. The van der Waals surface area contributed by atoms with Gasteiger partial charge in [0.2, 0.25) is 0 Å².